The van der Waals surface area contributed by atoms with Crippen molar-refractivity contribution in [1.29, 1.82) is 5.26 Å². The fraction of sp³-hybridized carbons (Fsp3) is 0. The maximum Gasteiger partial charge on any atom is 0.0991 e. The smallest absolute Gasteiger partial charge is 0.0991 e. The van der Waals surface area contributed by atoms with E-state index in [-0.39, 0.29) is 0 Å². The minimum atomic E-state index is 0.643. The third-order valence-corrected chi connectivity index (χ3v) is 9.14. The summed E-state index contributed by atoms with van der Waals surface area (Å²) in [7, 11) is 0. The van der Waals surface area contributed by atoms with E-state index in [0.29, 0.717) is 5.56 Å². The second-order valence-electron chi connectivity index (χ2n) is 11.7. The summed E-state index contributed by atoms with van der Waals surface area (Å²) in [4.78, 5) is 0. The molecule has 0 spiro atoms. The molecule has 0 amide bonds. The first-order chi connectivity index (χ1) is 22.8. The Balaban J connectivity index is 1.38. The molecule has 0 aliphatic carbocycles. The zero-order valence-corrected chi connectivity index (χ0v) is 24.9. The molecule has 46 heavy (non-hydrogen) atoms. The number of para-hydroxylation sites is 4. The van der Waals surface area contributed by atoms with Crippen LogP contribution in [0.25, 0.3) is 77.2 Å². The first kappa shape index (κ1) is 26.1. The third-order valence-electron chi connectivity index (χ3n) is 9.14. The molecule has 2 heterocycles. The van der Waals surface area contributed by atoms with Gasteiger partial charge in [0.1, 0.15) is 0 Å². The van der Waals surface area contributed by atoms with Gasteiger partial charge in [0.25, 0.3) is 0 Å². The Morgan fingerprint density at radius 3 is 1.50 bits per heavy atom. The van der Waals surface area contributed by atoms with Crippen LogP contribution in [0.4, 0.5) is 0 Å². The van der Waals surface area contributed by atoms with Crippen LogP contribution in [-0.4, -0.2) is 9.13 Å². The summed E-state index contributed by atoms with van der Waals surface area (Å²) in [5.74, 6) is 0. The Morgan fingerprint density at radius 1 is 0.413 bits per heavy atom. The van der Waals surface area contributed by atoms with Gasteiger partial charge in [0.15, 0.2) is 0 Å². The maximum atomic E-state index is 9.80. The number of rotatable bonds is 4. The van der Waals surface area contributed by atoms with E-state index in [9.17, 15) is 5.26 Å². The molecule has 3 nitrogen and oxygen atoms in total. The highest BCUT2D eigenvalue weighted by atomic mass is 15.0. The molecule has 0 saturated carbocycles. The highest BCUT2D eigenvalue weighted by molar-refractivity contribution is 6.11. The molecule has 0 N–H and O–H groups in total. The molecule has 0 atom stereocenters. The highest BCUT2D eigenvalue weighted by Crippen LogP contribution is 2.42. The van der Waals surface area contributed by atoms with Crippen molar-refractivity contribution in [2.45, 2.75) is 0 Å². The van der Waals surface area contributed by atoms with Crippen LogP contribution in [0.3, 0.4) is 0 Å². The Bertz CT molecular complexity index is 2560. The number of benzene rings is 7. The van der Waals surface area contributed by atoms with Crippen molar-refractivity contribution in [2.75, 3.05) is 0 Å². The lowest BCUT2D eigenvalue weighted by Gasteiger charge is -2.19. The topological polar surface area (TPSA) is 33.6 Å². The van der Waals surface area contributed by atoms with Crippen LogP contribution in [0.2, 0.25) is 0 Å². The lowest BCUT2D eigenvalue weighted by Crippen LogP contribution is -2.00. The van der Waals surface area contributed by atoms with E-state index in [1.54, 1.807) is 0 Å². The fourth-order valence-electron chi connectivity index (χ4n) is 7.21. The number of nitriles is 1. The van der Waals surface area contributed by atoms with Crippen molar-refractivity contribution in [3.63, 3.8) is 0 Å². The first-order valence-corrected chi connectivity index (χ1v) is 15.5. The van der Waals surface area contributed by atoms with Gasteiger partial charge in [0.2, 0.25) is 0 Å². The summed E-state index contributed by atoms with van der Waals surface area (Å²) < 4.78 is 4.76. The van der Waals surface area contributed by atoms with Gasteiger partial charge in [-0.3, -0.25) is 0 Å². The number of hydrogen-bond donors (Lipinski definition) is 0. The van der Waals surface area contributed by atoms with Crippen LogP contribution in [0, 0.1) is 11.3 Å². The average Bonchev–Trinajstić information content (AvgIpc) is 3.64. The average molecular weight is 586 g/mol. The molecule has 0 aliphatic rings. The summed E-state index contributed by atoms with van der Waals surface area (Å²) in [5.41, 5.74) is 11.8. The molecular weight excluding hydrogens is 558 g/mol. The van der Waals surface area contributed by atoms with Gasteiger partial charge in [-0.05, 0) is 71.3 Å². The Hall–Kier alpha value is -6.37. The van der Waals surface area contributed by atoms with Crippen LogP contribution in [0.5, 0.6) is 0 Å². The van der Waals surface area contributed by atoms with E-state index < -0.39 is 0 Å². The van der Waals surface area contributed by atoms with Crippen LogP contribution in [0.15, 0.2) is 164 Å². The maximum absolute atomic E-state index is 9.80. The second kappa shape index (κ2) is 10.4. The third kappa shape index (κ3) is 3.91. The van der Waals surface area contributed by atoms with Crippen molar-refractivity contribution < 1.29 is 0 Å². The number of hydrogen-bond acceptors (Lipinski definition) is 1. The van der Waals surface area contributed by atoms with Crippen molar-refractivity contribution in [3.8, 4) is 39.7 Å². The van der Waals surface area contributed by atoms with E-state index in [1.165, 1.54) is 32.6 Å². The predicted octanol–water partition coefficient (Wildman–Crippen LogP) is 11.1. The van der Waals surface area contributed by atoms with Gasteiger partial charge in [0.05, 0.1) is 39.4 Å². The Kier molecular flexibility index (Phi) is 5.88. The van der Waals surface area contributed by atoms with Gasteiger partial charge < -0.3 is 9.13 Å². The SMILES string of the molecule is N#Cc1cccc(-c2cccc(-n3c4ccccc4c4ccccc43)c2-c2cccc(-n3c4ccccc4c4ccccc43)c2)c1. The fourth-order valence-corrected chi connectivity index (χ4v) is 7.21. The zero-order valence-electron chi connectivity index (χ0n) is 24.9. The lowest BCUT2D eigenvalue weighted by molar-refractivity contribution is 1.17. The summed E-state index contributed by atoms with van der Waals surface area (Å²) in [5, 5.41) is 14.7. The highest BCUT2D eigenvalue weighted by Gasteiger charge is 2.20. The summed E-state index contributed by atoms with van der Waals surface area (Å²) in [6.45, 7) is 0. The minimum absolute atomic E-state index is 0.643. The van der Waals surface area contributed by atoms with Crippen LogP contribution in [-0.2, 0) is 0 Å². The second-order valence-corrected chi connectivity index (χ2v) is 11.7. The van der Waals surface area contributed by atoms with Crippen LogP contribution in [0.1, 0.15) is 5.56 Å². The molecule has 3 heteroatoms. The number of nitrogens with zero attached hydrogens (tertiary/aromatic N) is 3. The molecule has 9 rings (SSSR count). The molecule has 214 valence electrons. The Labute approximate surface area is 266 Å². The molecule has 7 aromatic carbocycles. The number of aromatic nitrogens is 2. The summed E-state index contributed by atoms with van der Waals surface area (Å²) >= 11 is 0. The molecule has 0 bridgehead atoms. The summed E-state index contributed by atoms with van der Waals surface area (Å²) in [6, 6.07) is 60.2. The molecule has 0 radical (unpaired) electrons. The normalized spacial score (nSPS) is 11.5. The number of fused-ring (bicyclic) bond motifs is 6. The minimum Gasteiger partial charge on any atom is -0.309 e. The predicted molar refractivity (Wildman–Crippen MR) is 191 cm³/mol. The largest absolute Gasteiger partial charge is 0.309 e. The molecule has 0 saturated heterocycles. The van der Waals surface area contributed by atoms with Gasteiger partial charge in [-0.15, -0.1) is 0 Å². The standard InChI is InChI=1S/C43H27N3/c44-28-29-12-9-13-30(26-29)33-20-11-25-42(46-40-23-7-3-18-36(40)37-19-4-8-24-41(37)46)43(33)31-14-10-15-32(27-31)45-38-21-5-1-16-34(38)35-17-2-6-22-39(35)45/h1-27H. The monoisotopic (exact) mass is 585 g/mol. The van der Waals surface area contributed by atoms with Gasteiger partial charge in [-0.1, -0.05) is 109 Å². The molecule has 9 aromatic rings. The van der Waals surface area contributed by atoms with Crippen LogP contribution < -0.4 is 0 Å². The lowest BCUT2D eigenvalue weighted by atomic mass is 9.91. The van der Waals surface area contributed by atoms with E-state index in [4.69, 9.17) is 0 Å². The quantitative estimate of drug-likeness (QED) is 0.202. The van der Waals surface area contributed by atoms with Crippen molar-refractivity contribution >= 4 is 43.6 Å². The van der Waals surface area contributed by atoms with E-state index in [0.717, 1.165) is 44.7 Å². The van der Waals surface area contributed by atoms with Crippen molar-refractivity contribution in [3.05, 3.63) is 169 Å². The van der Waals surface area contributed by atoms with Crippen LogP contribution >= 0.6 is 0 Å². The molecule has 0 fully saturated rings. The molecule has 0 aliphatic heterocycles. The van der Waals surface area contributed by atoms with Crippen molar-refractivity contribution in [1.82, 2.24) is 9.13 Å². The van der Waals surface area contributed by atoms with E-state index in [1.807, 2.05) is 18.2 Å². The zero-order chi connectivity index (χ0) is 30.6. The Morgan fingerprint density at radius 2 is 0.913 bits per heavy atom. The van der Waals surface area contributed by atoms with E-state index >= 15 is 0 Å². The first-order valence-electron chi connectivity index (χ1n) is 15.5. The van der Waals surface area contributed by atoms with E-state index in [2.05, 4.69) is 161 Å². The van der Waals surface area contributed by atoms with Gasteiger partial charge in [-0.2, -0.15) is 5.26 Å². The van der Waals surface area contributed by atoms with Gasteiger partial charge >= 0.3 is 0 Å². The molecular formula is C43H27N3. The molecule has 2 aromatic heterocycles. The van der Waals surface area contributed by atoms with Gasteiger partial charge in [0, 0.05) is 32.8 Å². The van der Waals surface area contributed by atoms with Crippen molar-refractivity contribution in [2.24, 2.45) is 0 Å². The molecule has 0 unspecified atom stereocenters. The van der Waals surface area contributed by atoms with Gasteiger partial charge in [-0.25, -0.2) is 0 Å². The summed E-state index contributed by atoms with van der Waals surface area (Å²) in [6.07, 6.45) is 0.